The van der Waals surface area contributed by atoms with Gasteiger partial charge in [-0.15, -0.1) is 0 Å². The number of nitrogens with one attached hydrogen (secondary N) is 2. The van der Waals surface area contributed by atoms with E-state index in [2.05, 4.69) is 25.6 Å². The maximum Gasteiger partial charge on any atom is 0.271 e. The molecular formula is C19H19N5O2. The number of para-hydroxylation sites is 1. The highest BCUT2D eigenvalue weighted by Crippen LogP contribution is 2.16. The number of hydrogen-bond acceptors (Lipinski definition) is 6. The third-order valence-corrected chi connectivity index (χ3v) is 3.74. The largest absolute Gasteiger partial charge is 0.496 e. The van der Waals surface area contributed by atoms with Crippen LogP contribution in [0.5, 0.6) is 5.75 Å². The molecule has 0 radical (unpaired) electrons. The van der Waals surface area contributed by atoms with Crippen LogP contribution in [0.25, 0.3) is 0 Å². The maximum absolute atomic E-state index is 12.2. The van der Waals surface area contributed by atoms with Gasteiger partial charge in [0.1, 0.15) is 17.3 Å². The molecule has 1 amide bonds. The number of amides is 1. The second kappa shape index (κ2) is 8.57. The number of benzene rings is 1. The van der Waals surface area contributed by atoms with Crippen molar-refractivity contribution in [3.63, 3.8) is 0 Å². The first-order valence-corrected chi connectivity index (χ1v) is 8.11. The zero-order valence-corrected chi connectivity index (χ0v) is 14.3. The van der Waals surface area contributed by atoms with E-state index in [0.717, 1.165) is 16.9 Å². The van der Waals surface area contributed by atoms with Gasteiger partial charge in [-0.1, -0.05) is 18.2 Å². The van der Waals surface area contributed by atoms with Crippen LogP contribution in [0.15, 0.2) is 61.2 Å². The van der Waals surface area contributed by atoms with Crippen LogP contribution >= 0.6 is 0 Å². The lowest BCUT2D eigenvalue weighted by Gasteiger charge is -2.09. The van der Waals surface area contributed by atoms with Gasteiger partial charge in [0.15, 0.2) is 0 Å². The Kier molecular flexibility index (Phi) is 5.72. The van der Waals surface area contributed by atoms with Crippen LogP contribution < -0.4 is 15.4 Å². The van der Waals surface area contributed by atoms with E-state index < -0.39 is 0 Å². The number of carbonyl (C=O) groups excluding carboxylic acids is 1. The van der Waals surface area contributed by atoms with E-state index in [4.69, 9.17) is 4.74 Å². The molecule has 0 aliphatic carbocycles. The normalized spacial score (nSPS) is 10.2. The van der Waals surface area contributed by atoms with Gasteiger partial charge in [0.2, 0.25) is 0 Å². The molecular weight excluding hydrogens is 330 g/mol. The summed E-state index contributed by atoms with van der Waals surface area (Å²) in [7, 11) is 1.60. The molecule has 1 aromatic carbocycles. The molecule has 3 aromatic rings. The van der Waals surface area contributed by atoms with Crippen LogP contribution in [0.1, 0.15) is 21.6 Å². The molecule has 0 bridgehead atoms. The third kappa shape index (κ3) is 4.54. The van der Waals surface area contributed by atoms with Gasteiger partial charge in [-0.3, -0.25) is 9.78 Å². The number of rotatable bonds is 7. The van der Waals surface area contributed by atoms with E-state index in [-0.39, 0.29) is 11.6 Å². The van der Waals surface area contributed by atoms with Crippen molar-refractivity contribution < 1.29 is 9.53 Å². The van der Waals surface area contributed by atoms with E-state index in [0.29, 0.717) is 18.9 Å². The SMILES string of the molecule is COc1ccccc1CNC(=O)c1cnc(NCc2ccncc2)cn1. The summed E-state index contributed by atoms with van der Waals surface area (Å²) in [5.41, 5.74) is 2.24. The number of methoxy groups -OCH3 is 1. The topological polar surface area (TPSA) is 89.0 Å². The second-order valence-electron chi connectivity index (χ2n) is 5.49. The highest BCUT2D eigenvalue weighted by atomic mass is 16.5. The van der Waals surface area contributed by atoms with Crippen molar-refractivity contribution in [3.8, 4) is 5.75 Å². The first kappa shape index (κ1) is 17.3. The number of hydrogen-bond donors (Lipinski definition) is 2. The van der Waals surface area contributed by atoms with Crippen molar-refractivity contribution >= 4 is 11.7 Å². The lowest BCUT2D eigenvalue weighted by atomic mass is 10.2. The lowest BCUT2D eigenvalue weighted by molar-refractivity contribution is 0.0945. The zero-order chi connectivity index (χ0) is 18.2. The summed E-state index contributed by atoms with van der Waals surface area (Å²) in [4.78, 5) is 24.6. The monoisotopic (exact) mass is 349 g/mol. The molecule has 3 rings (SSSR count). The fourth-order valence-electron chi connectivity index (χ4n) is 2.34. The first-order chi connectivity index (χ1) is 12.8. The second-order valence-corrected chi connectivity index (χ2v) is 5.49. The summed E-state index contributed by atoms with van der Waals surface area (Å²) >= 11 is 0. The summed E-state index contributed by atoms with van der Waals surface area (Å²) in [6, 6.07) is 11.4. The van der Waals surface area contributed by atoms with Crippen LogP contribution in [0.2, 0.25) is 0 Å². The number of nitrogens with zero attached hydrogens (tertiary/aromatic N) is 3. The summed E-state index contributed by atoms with van der Waals surface area (Å²) in [6.45, 7) is 0.961. The number of carbonyl (C=O) groups is 1. The van der Waals surface area contributed by atoms with E-state index in [9.17, 15) is 4.79 Å². The molecule has 0 spiro atoms. The van der Waals surface area contributed by atoms with Gasteiger partial charge in [0.05, 0.1) is 19.5 Å². The minimum absolute atomic E-state index is 0.259. The number of ether oxygens (including phenoxy) is 1. The molecule has 0 aliphatic heterocycles. The fourth-order valence-corrected chi connectivity index (χ4v) is 2.34. The van der Waals surface area contributed by atoms with Crippen LogP contribution in [-0.4, -0.2) is 28.0 Å². The maximum atomic E-state index is 12.2. The zero-order valence-electron chi connectivity index (χ0n) is 14.3. The van der Waals surface area contributed by atoms with Crippen molar-refractivity contribution in [3.05, 3.63) is 78.0 Å². The Balaban J connectivity index is 1.55. The van der Waals surface area contributed by atoms with Gasteiger partial charge in [0, 0.05) is 31.0 Å². The molecule has 0 saturated heterocycles. The van der Waals surface area contributed by atoms with Gasteiger partial charge in [-0.25, -0.2) is 9.97 Å². The van der Waals surface area contributed by atoms with E-state index in [1.54, 1.807) is 25.7 Å². The van der Waals surface area contributed by atoms with Gasteiger partial charge in [-0.2, -0.15) is 0 Å². The molecule has 7 nitrogen and oxygen atoms in total. The Bertz CT molecular complexity index is 853. The molecule has 2 N–H and O–H groups in total. The Hall–Kier alpha value is -3.48. The van der Waals surface area contributed by atoms with Gasteiger partial charge < -0.3 is 15.4 Å². The van der Waals surface area contributed by atoms with Gasteiger partial charge >= 0.3 is 0 Å². The molecule has 0 aliphatic rings. The van der Waals surface area contributed by atoms with E-state index in [1.165, 1.54) is 6.20 Å². The molecule has 0 fully saturated rings. The van der Waals surface area contributed by atoms with Gasteiger partial charge in [-0.05, 0) is 23.8 Å². The lowest BCUT2D eigenvalue weighted by Crippen LogP contribution is -2.24. The minimum atomic E-state index is -0.288. The summed E-state index contributed by atoms with van der Waals surface area (Å²) in [5, 5.41) is 5.97. The molecule has 132 valence electrons. The van der Waals surface area contributed by atoms with Crippen molar-refractivity contribution in [2.45, 2.75) is 13.1 Å². The first-order valence-electron chi connectivity index (χ1n) is 8.11. The number of aromatic nitrogens is 3. The third-order valence-electron chi connectivity index (χ3n) is 3.74. The average molecular weight is 349 g/mol. The quantitative estimate of drug-likeness (QED) is 0.681. The van der Waals surface area contributed by atoms with E-state index in [1.807, 2.05) is 36.4 Å². The summed E-state index contributed by atoms with van der Waals surface area (Å²) < 4.78 is 5.27. The predicted molar refractivity (Wildman–Crippen MR) is 97.8 cm³/mol. The fraction of sp³-hybridized carbons (Fsp3) is 0.158. The Morgan fingerprint density at radius 1 is 1.04 bits per heavy atom. The molecule has 0 atom stereocenters. The van der Waals surface area contributed by atoms with Crippen molar-refractivity contribution in [1.82, 2.24) is 20.3 Å². The Morgan fingerprint density at radius 2 is 1.85 bits per heavy atom. The van der Waals surface area contributed by atoms with Crippen molar-refractivity contribution in [2.75, 3.05) is 12.4 Å². The van der Waals surface area contributed by atoms with Crippen molar-refractivity contribution in [2.24, 2.45) is 0 Å². The molecule has 7 heteroatoms. The highest BCUT2D eigenvalue weighted by molar-refractivity contribution is 5.92. The minimum Gasteiger partial charge on any atom is -0.496 e. The smallest absolute Gasteiger partial charge is 0.271 e. The summed E-state index contributed by atoms with van der Waals surface area (Å²) in [5.74, 6) is 1.04. The number of anilines is 1. The van der Waals surface area contributed by atoms with Crippen LogP contribution in [0.4, 0.5) is 5.82 Å². The van der Waals surface area contributed by atoms with Crippen LogP contribution in [0, 0.1) is 0 Å². The van der Waals surface area contributed by atoms with Crippen LogP contribution in [-0.2, 0) is 13.1 Å². The molecule has 26 heavy (non-hydrogen) atoms. The standard InChI is InChI=1S/C19H19N5O2/c1-26-17-5-3-2-4-15(17)11-24-19(25)16-12-23-18(13-21-16)22-10-14-6-8-20-9-7-14/h2-9,12-13H,10-11H2,1H3,(H,22,23)(H,24,25). The Labute approximate surface area is 151 Å². The molecule has 2 heterocycles. The molecule has 0 unspecified atom stereocenters. The number of pyridine rings is 1. The molecule has 2 aromatic heterocycles. The summed E-state index contributed by atoms with van der Waals surface area (Å²) in [6.07, 6.45) is 6.46. The molecule has 0 saturated carbocycles. The average Bonchev–Trinajstić information content (AvgIpc) is 2.72. The van der Waals surface area contributed by atoms with Crippen LogP contribution in [0.3, 0.4) is 0 Å². The predicted octanol–water partition coefficient (Wildman–Crippen LogP) is 2.42. The Morgan fingerprint density at radius 3 is 2.58 bits per heavy atom. The highest BCUT2D eigenvalue weighted by Gasteiger charge is 2.09. The van der Waals surface area contributed by atoms with Crippen molar-refractivity contribution in [1.29, 1.82) is 0 Å². The van der Waals surface area contributed by atoms with E-state index >= 15 is 0 Å². The van der Waals surface area contributed by atoms with Gasteiger partial charge in [0.25, 0.3) is 5.91 Å².